The van der Waals surface area contributed by atoms with Gasteiger partial charge in [-0.2, -0.15) is 0 Å². The molecule has 0 spiro atoms. The van der Waals surface area contributed by atoms with E-state index in [-0.39, 0.29) is 23.7 Å². The van der Waals surface area contributed by atoms with Crippen molar-refractivity contribution in [2.45, 2.75) is 40.8 Å². The van der Waals surface area contributed by atoms with Gasteiger partial charge in [0, 0.05) is 23.4 Å². The van der Waals surface area contributed by atoms with Gasteiger partial charge in [-0.15, -0.1) is 11.3 Å². The average molecular weight is 605 g/mol. The molecule has 0 radical (unpaired) electrons. The van der Waals surface area contributed by atoms with E-state index in [1.807, 2.05) is 48.5 Å². The van der Waals surface area contributed by atoms with Crippen molar-refractivity contribution in [2.24, 2.45) is 0 Å². The molecule has 41 heavy (non-hydrogen) atoms. The van der Waals surface area contributed by atoms with E-state index in [0.717, 1.165) is 25.7 Å². The highest BCUT2D eigenvalue weighted by atomic mass is 32.2. The third-order valence-corrected chi connectivity index (χ3v) is 10.5. The summed E-state index contributed by atoms with van der Waals surface area (Å²) in [6, 6.07) is 31.2. The maximum absolute atomic E-state index is 12.9. The Bertz CT molecular complexity index is 1690. The van der Waals surface area contributed by atoms with Crippen LogP contribution < -0.4 is 4.72 Å². The first-order valence-corrected chi connectivity index (χ1v) is 16.4. The second-order valence-electron chi connectivity index (χ2n) is 9.65. The molecule has 1 aromatic heterocycles. The summed E-state index contributed by atoms with van der Waals surface area (Å²) in [7, 11) is -3.74. The number of aromatic nitrogens is 1. The van der Waals surface area contributed by atoms with Crippen molar-refractivity contribution in [2.75, 3.05) is 10.5 Å². The standard InChI is InChI=1S/C31H28N2O5S3/c34-19-21-13-15-22(16-14-21)28-18-25(20-39-31-32-27-11-4-5-12-29(27)40-31)37-30(38-28)23-7-6-8-24(17-23)33-41(35,36)26-9-2-1-3-10-26/h1-17,25,28,30,33-34H,18-20H2/t25-,28+,30+/m0/s1. The van der Waals surface area contributed by atoms with E-state index >= 15 is 0 Å². The average Bonchev–Trinajstić information content (AvgIpc) is 3.43. The maximum Gasteiger partial charge on any atom is 0.261 e. The van der Waals surface area contributed by atoms with Crippen LogP contribution in [-0.4, -0.2) is 30.4 Å². The first-order chi connectivity index (χ1) is 20.0. The van der Waals surface area contributed by atoms with E-state index < -0.39 is 16.3 Å². The summed E-state index contributed by atoms with van der Waals surface area (Å²) in [5.74, 6) is 0.686. The minimum atomic E-state index is -3.74. The zero-order valence-electron chi connectivity index (χ0n) is 21.9. The molecule has 3 atom stereocenters. The van der Waals surface area contributed by atoms with Gasteiger partial charge in [0.25, 0.3) is 10.0 Å². The Balaban J connectivity index is 1.23. The third-order valence-electron chi connectivity index (χ3n) is 6.75. The van der Waals surface area contributed by atoms with Gasteiger partial charge in [-0.1, -0.05) is 78.5 Å². The van der Waals surface area contributed by atoms with Crippen molar-refractivity contribution >= 4 is 49.0 Å². The molecular formula is C31H28N2O5S3. The number of nitrogens with one attached hydrogen (secondary N) is 1. The fourth-order valence-electron chi connectivity index (χ4n) is 4.66. The fraction of sp³-hybridized carbons (Fsp3) is 0.194. The molecule has 0 bridgehead atoms. The van der Waals surface area contributed by atoms with Gasteiger partial charge in [-0.05, 0) is 47.5 Å². The fourth-order valence-corrected chi connectivity index (χ4v) is 7.85. The molecule has 1 aliphatic heterocycles. The Kier molecular flexibility index (Phi) is 8.38. The van der Waals surface area contributed by atoms with E-state index in [0.29, 0.717) is 23.4 Å². The summed E-state index contributed by atoms with van der Waals surface area (Å²) in [6.07, 6.45) is -0.439. The van der Waals surface area contributed by atoms with Crippen LogP contribution in [0.15, 0.2) is 112 Å². The highest BCUT2D eigenvalue weighted by Gasteiger charge is 2.32. The number of hydrogen-bond acceptors (Lipinski definition) is 8. The summed E-state index contributed by atoms with van der Waals surface area (Å²) in [5, 5.41) is 9.47. The number of aliphatic hydroxyl groups is 1. The van der Waals surface area contributed by atoms with Gasteiger partial charge in [0.2, 0.25) is 0 Å². The number of hydrogen-bond donors (Lipinski definition) is 2. The number of anilines is 1. The van der Waals surface area contributed by atoms with Gasteiger partial charge in [-0.25, -0.2) is 13.4 Å². The number of sulfonamides is 1. The van der Waals surface area contributed by atoms with Gasteiger partial charge >= 0.3 is 0 Å². The van der Waals surface area contributed by atoms with Crippen LogP contribution in [-0.2, 0) is 26.1 Å². The predicted molar refractivity (Wildman–Crippen MR) is 162 cm³/mol. The highest BCUT2D eigenvalue weighted by Crippen LogP contribution is 2.40. The summed E-state index contributed by atoms with van der Waals surface area (Å²) in [6.45, 7) is -0.0232. The van der Waals surface area contributed by atoms with Crippen LogP contribution in [0.5, 0.6) is 0 Å². The number of para-hydroxylation sites is 1. The van der Waals surface area contributed by atoms with E-state index in [1.165, 1.54) is 0 Å². The van der Waals surface area contributed by atoms with E-state index in [4.69, 9.17) is 14.5 Å². The Hall–Kier alpha value is -3.25. The molecule has 0 saturated carbocycles. The monoisotopic (exact) mass is 604 g/mol. The molecule has 1 fully saturated rings. The summed E-state index contributed by atoms with van der Waals surface area (Å²) in [5.41, 5.74) is 3.95. The summed E-state index contributed by atoms with van der Waals surface area (Å²) < 4.78 is 43.5. The third kappa shape index (κ3) is 6.64. The van der Waals surface area contributed by atoms with E-state index in [9.17, 15) is 13.5 Å². The zero-order chi connectivity index (χ0) is 28.2. The molecule has 210 valence electrons. The number of aliphatic hydroxyl groups excluding tert-OH is 1. The summed E-state index contributed by atoms with van der Waals surface area (Å²) in [4.78, 5) is 4.94. The zero-order valence-corrected chi connectivity index (χ0v) is 24.4. The topological polar surface area (TPSA) is 97.8 Å². The molecule has 2 heterocycles. The normalized spacial score (nSPS) is 19.3. The molecule has 6 rings (SSSR count). The Morgan fingerprint density at radius 2 is 1.68 bits per heavy atom. The van der Waals surface area contributed by atoms with E-state index in [1.54, 1.807) is 71.6 Å². The lowest BCUT2D eigenvalue weighted by Gasteiger charge is -2.36. The Morgan fingerprint density at radius 1 is 0.902 bits per heavy atom. The van der Waals surface area contributed by atoms with Gasteiger partial charge in [-0.3, -0.25) is 4.72 Å². The minimum absolute atomic E-state index is 0.0232. The number of thiazole rings is 1. The lowest BCUT2D eigenvalue weighted by molar-refractivity contribution is -0.245. The molecule has 0 amide bonds. The molecule has 4 aromatic carbocycles. The van der Waals surface area contributed by atoms with Crippen molar-refractivity contribution in [3.05, 3.63) is 120 Å². The summed E-state index contributed by atoms with van der Waals surface area (Å²) >= 11 is 3.33. The van der Waals surface area contributed by atoms with Gasteiger partial charge in [0.15, 0.2) is 10.6 Å². The molecule has 0 aliphatic carbocycles. The SMILES string of the molecule is O=S(=O)(Nc1cccc([C@@H]2O[C@H](CSc3nc4ccccc4s3)C[C@H](c3ccc(CO)cc3)O2)c1)c1ccccc1. The first kappa shape index (κ1) is 27.9. The van der Waals surface area contributed by atoms with E-state index in [2.05, 4.69) is 10.8 Å². The predicted octanol–water partition coefficient (Wildman–Crippen LogP) is 6.93. The van der Waals surface area contributed by atoms with Crippen molar-refractivity contribution in [1.29, 1.82) is 0 Å². The molecule has 1 aliphatic rings. The van der Waals surface area contributed by atoms with Crippen LogP contribution in [0.1, 0.15) is 35.5 Å². The van der Waals surface area contributed by atoms with Crippen LogP contribution in [0, 0.1) is 0 Å². The van der Waals surface area contributed by atoms with Crippen molar-refractivity contribution in [1.82, 2.24) is 4.98 Å². The molecule has 1 saturated heterocycles. The number of nitrogens with zero attached hydrogens (tertiary/aromatic N) is 1. The number of thioether (sulfide) groups is 1. The molecule has 0 unspecified atom stereocenters. The van der Waals surface area contributed by atoms with Crippen LogP contribution in [0.2, 0.25) is 0 Å². The highest BCUT2D eigenvalue weighted by molar-refractivity contribution is 8.01. The van der Waals surface area contributed by atoms with Crippen LogP contribution in [0.3, 0.4) is 0 Å². The molecular weight excluding hydrogens is 577 g/mol. The minimum Gasteiger partial charge on any atom is -0.392 e. The lowest BCUT2D eigenvalue weighted by atomic mass is 10.0. The molecule has 5 aromatic rings. The Morgan fingerprint density at radius 3 is 2.46 bits per heavy atom. The van der Waals surface area contributed by atoms with Crippen LogP contribution in [0.25, 0.3) is 10.2 Å². The van der Waals surface area contributed by atoms with Crippen molar-refractivity contribution in [3.8, 4) is 0 Å². The molecule has 2 N–H and O–H groups in total. The maximum atomic E-state index is 12.9. The lowest BCUT2D eigenvalue weighted by Crippen LogP contribution is -2.31. The molecule has 7 nitrogen and oxygen atoms in total. The smallest absolute Gasteiger partial charge is 0.261 e. The largest absolute Gasteiger partial charge is 0.392 e. The second-order valence-corrected chi connectivity index (χ2v) is 13.6. The van der Waals surface area contributed by atoms with Crippen molar-refractivity contribution in [3.63, 3.8) is 0 Å². The second kappa shape index (κ2) is 12.3. The molecule has 10 heteroatoms. The number of rotatable bonds is 9. The van der Waals surface area contributed by atoms with Crippen LogP contribution in [0.4, 0.5) is 5.69 Å². The number of fused-ring (bicyclic) bond motifs is 1. The Labute approximate surface area is 247 Å². The van der Waals surface area contributed by atoms with Gasteiger partial charge in [0.1, 0.15) is 0 Å². The van der Waals surface area contributed by atoms with Gasteiger partial charge in [0.05, 0.1) is 33.9 Å². The first-order valence-electron chi connectivity index (χ1n) is 13.1. The van der Waals surface area contributed by atoms with Crippen LogP contribution >= 0.6 is 23.1 Å². The van der Waals surface area contributed by atoms with Crippen molar-refractivity contribution < 1.29 is 23.0 Å². The van der Waals surface area contributed by atoms with Gasteiger partial charge < -0.3 is 14.6 Å². The quantitative estimate of drug-likeness (QED) is 0.176. The number of benzene rings is 4. The number of ether oxygens (including phenoxy) is 2.